The SMILES string of the molecule is O=C(NC1(C(=O)NO)CCOC1)c1ccc(Oc2ccc(F)cc2)cc1. The number of nitrogens with one attached hydrogen (secondary N) is 2. The molecule has 0 aliphatic carbocycles. The van der Waals surface area contributed by atoms with Gasteiger partial charge in [0.15, 0.2) is 0 Å². The quantitative estimate of drug-likeness (QED) is 0.560. The third-order valence-corrected chi connectivity index (χ3v) is 4.08. The smallest absolute Gasteiger partial charge is 0.271 e. The normalized spacial score (nSPS) is 19.0. The molecule has 1 heterocycles. The van der Waals surface area contributed by atoms with E-state index in [-0.39, 0.29) is 18.8 Å². The van der Waals surface area contributed by atoms with E-state index in [1.54, 1.807) is 17.6 Å². The lowest BCUT2D eigenvalue weighted by molar-refractivity contribution is -0.135. The maximum atomic E-state index is 12.9. The van der Waals surface area contributed by atoms with Gasteiger partial charge in [-0.3, -0.25) is 14.8 Å². The van der Waals surface area contributed by atoms with Crippen molar-refractivity contribution >= 4 is 11.8 Å². The fourth-order valence-corrected chi connectivity index (χ4v) is 2.61. The van der Waals surface area contributed by atoms with Crippen molar-refractivity contribution in [2.24, 2.45) is 0 Å². The fourth-order valence-electron chi connectivity index (χ4n) is 2.61. The molecule has 1 fully saturated rings. The molecule has 1 saturated heterocycles. The zero-order valence-corrected chi connectivity index (χ0v) is 13.7. The zero-order valence-electron chi connectivity index (χ0n) is 13.7. The first-order chi connectivity index (χ1) is 12.5. The molecule has 1 unspecified atom stereocenters. The van der Waals surface area contributed by atoms with Gasteiger partial charge in [-0.15, -0.1) is 0 Å². The molecular weight excluding hydrogens is 343 g/mol. The highest BCUT2D eigenvalue weighted by molar-refractivity contribution is 5.99. The van der Waals surface area contributed by atoms with Crippen molar-refractivity contribution in [3.05, 3.63) is 59.9 Å². The minimum absolute atomic E-state index is 0.0170. The second kappa shape index (κ2) is 7.51. The molecule has 2 aromatic rings. The van der Waals surface area contributed by atoms with Crippen molar-refractivity contribution in [3.63, 3.8) is 0 Å². The lowest BCUT2D eigenvalue weighted by atomic mass is 9.97. The molecule has 0 bridgehead atoms. The lowest BCUT2D eigenvalue weighted by Gasteiger charge is -2.26. The Labute approximate surface area is 148 Å². The van der Waals surface area contributed by atoms with Crippen molar-refractivity contribution in [3.8, 4) is 11.5 Å². The molecule has 3 N–H and O–H groups in total. The Kier molecular flexibility index (Phi) is 5.15. The van der Waals surface area contributed by atoms with E-state index in [9.17, 15) is 14.0 Å². The van der Waals surface area contributed by atoms with Crippen LogP contribution in [0.3, 0.4) is 0 Å². The second-order valence-corrected chi connectivity index (χ2v) is 5.86. The summed E-state index contributed by atoms with van der Waals surface area (Å²) < 4.78 is 23.6. The van der Waals surface area contributed by atoms with E-state index in [4.69, 9.17) is 14.7 Å². The largest absolute Gasteiger partial charge is 0.457 e. The maximum Gasteiger partial charge on any atom is 0.271 e. The van der Waals surface area contributed by atoms with Gasteiger partial charge in [0.2, 0.25) is 0 Å². The number of carbonyl (C=O) groups is 2. The topological polar surface area (TPSA) is 96.9 Å². The van der Waals surface area contributed by atoms with Crippen LogP contribution < -0.4 is 15.5 Å². The van der Waals surface area contributed by atoms with Crippen molar-refractivity contribution < 1.29 is 28.7 Å². The minimum Gasteiger partial charge on any atom is -0.457 e. The molecule has 0 saturated carbocycles. The molecule has 0 aromatic heterocycles. The van der Waals surface area contributed by atoms with Crippen LogP contribution in [0.5, 0.6) is 11.5 Å². The number of amides is 2. The van der Waals surface area contributed by atoms with Crippen molar-refractivity contribution in [1.29, 1.82) is 0 Å². The van der Waals surface area contributed by atoms with Gasteiger partial charge in [0.1, 0.15) is 22.9 Å². The summed E-state index contributed by atoms with van der Waals surface area (Å²) in [6.07, 6.45) is 0.261. The summed E-state index contributed by atoms with van der Waals surface area (Å²) in [5.74, 6) is -0.626. The van der Waals surface area contributed by atoms with Crippen LogP contribution in [-0.4, -0.2) is 35.8 Å². The van der Waals surface area contributed by atoms with E-state index in [0.717, 1.165) is 0 Å². The number of ether oxygens (including phenoxy) is 2. The molecule has 1 aliphatic rings. The van der Waals surface area contributed by atoms with Crippen molar-refractivity contribution in [2.75, 3.05) is 13.2 Å². The molecule has 3 rings (SSSR count). The molecule has 8 heteroatoms. The molecule has 0 spiro atoms. The van der Waals surface area contributed by atoms with Crippen LogP contribution in [0.25, 0.3) is 0 Å². The molecule has 7 nitrogen and oxygen atoms in total. The first-order valence-corrected chi connectivity index (χ1v) is 7.91. The highest BCUT2D eigenvalue weighted by atomic mass is 19.1. The summed E-state index contributed by atoms with van der Waals surface area (Å²) in [4.78, 5) is 24.3. The number of halogens is 1. The number of benzene rings is 2. The number of hydroxylamine groups is 1. The third kappa shape index (κ3) is 3.81. The third-order valence-electron chi connectivity index (χ3n) is 4.08. The Morgan fingerprint density at radius 2 is 1.69 bits per heavy atom. The predicted octanol–water partition coefficient (Wildman–Crippen LogP) is 2.01. The number of rotatable bonds is 5. The molecule has 2 amide bonds. The van der Waals surface area contributed by atoms with Gasteiger partial charge < -0.3 is 14.8 Å². The van der Waals surface area contributed by atoms with Crippen LogP contribution in [0.4, 0.5) is 4.39 Å². The summed E-state index contributed by atoms with van der Waals surface area (Å²) in [7, 11) is 0. The van der Waals surface area contributed by atoms with Crippen LogP contribution in [0.2, 0.25) is 0 Å². The average Bonchev–Trinajstić information content (AvgIpc) is 3.13. The monoisotopic (exact) mass is 360 g/mol. The van der Waals surface area contributed by atoms with Gasteiger partial charge >= 0.3 is 0 Å². The Morgan fingerprint density at radius 3 is 2.23 bits per heavy atom. The highest BCUT2D eigenvalue weighted by Crippen LogP contribution is 2.23. The van der Waals surface area contributed by atoms with Gasteiger partial charge in [-0.1, -0.05) is 0 Å². The van der Waals surface area contributed by atoms with E-state index >= 15 is 0 Å². The molecule has 136 valence electrons. The Bertz CT molecular complexity index is 786. The molecule has 1 aliphatic heterocycles. The summed E-state index contributed by atoms with van der Waals surface area (Å²) in [6.45, 7) is 0.287. The molecular formula is C18H17FN2O5. The van der Waals surface area contributed by atoms with Gasteiger partial charge in [0.05, 0.1) is 6.61 Å². The van der Waals surface area contributed by atoms with E-state index < -0.39 is 17.4 Å². The first-order valence-electron chi connectivity index (χ1n) is 7.91. The Balaban J connectivity index is 1.68. The fraction of sp³-hybridized carbons (Fsp3) is 0.222. The second-order valence-electron chi connectivity index (χ2n) is 5.86. The van der Waals surface area contributed by atoms with Crippen LogP contribution in [0, 0.1) is 5.82 Å². The summed E-state index contributed by atoms with van der Waals surface area (Å²) in [5.41, 5.74) is 0.581. The minimum atomic E-state index is -1.30. The van der Waals surface area contributed by atoms with E-state index in [2.05, 4.69) is 5.32 Å². The maximum absolute atomic E-state index is 12.9. The van der Waals surface area contributed by atoms with Crippen LogP contribution in [-0.2, 0) is 9.53 Å². The lowest BCUT2D eigenvalue weighted by Crippen LogP contribution is -2.59. The summed E-state index contributed by atoms with van der Waals surface area (Å²) in [5, 5.41) is 11.5. The molecule has 0 radical (unpaired) electrons. The standard InChI is InChI=1S/C18H17FN2O5/c19-13-3-7-15(8-4-13)26-14-5-1-12(2-6-14)16(22)20-18(17(23)21-24)9-10-25-11-18/h1-8,24H,9-11H2,(H,20,22)(H,21,23). The van der Waals surface area contributed by atoms with Crippen LogP contribution in [0.15, 0.2) is 48.5 Å². The number of carbonyl (C=O) groups excluding carboxylic acids is 2. The Morgan fingerprint density at radius 1 is 1.08 bits per heavy atom. The summed E-state index contributed by atoms with van der Waals surface area (Å²) >= 11 is 0. The molecule has 1 atom stereocenters. The average molecular weight is 360 g/mol. The molecule has 26 heavy (non-hydrogen) atoms. The first kappa shape index (κ1) is 17.8. The van der Waals surface area contributed by atoms with Gasteiger partial charge in [-0.25, -0.2) is 9.87 Å². The molecule has 2 aromatic carbocycles. The summed E-state index contributed by atoms with van der Waals surface area (Å²) in [6, 6.07) is 11.8. The van der Waals surface area contributed by atoms with E-state index in [1.807, 2.05) is 0 Å². The van der Waals surface area contributed by atoms with E-state index in [1.165, 1.54) is 36.4 Å². The predicted molar refractivity (Wildman–Crippen MR) is 88.5 cm³/mol. The van der Waals surface area contributed by atoms with Crippen LogP contribution >= 0.6 is 0 Å². The van der Waals surface area contributed by atoms with Crippen molar-refractivity contribution in [2.45, 2.75) is 12.0 Å². The number of hydrogen-bond donors (Lipinski definition) is 3. The number of hydrogen-bond acceptors (Lipinski definition) is 5. The van der Waals surface area contributed by atoms with E-state index in [0.29, 0.717) is 23.7 Å². The van der Waals surface area contributed by atoms with Crippen LogP contribution in [0.1, 0.15) is 16.8 Å². The van der Waals surface area contributed by atoms with Gasteiger partial charge in [-0.05, 0) is 48.5 Å². The van der Waals surface area contributed by atoms with Gasteiger partial charge in [-0.2, -0.15) is 0 Å². The van der Waals surface area contributed by atoms with Gasteiger partial charge in [0.25, 0.3) is 11.8 Å². The van der Waals surface area contributed by atoms with Gasteiger partial charge in [0, 0.05) is 18.6 Å². The zero-order chi connectivity index (χ0) is 18.6. The Hall–Kier alpha value is -2.97. The highest BCUT2D eigenvalue weighted by Gasteiger charge is 2.43. The van der Waals surface area contributed by atoms with Crippen molar-refractivity contribution in [1.82, 2.24) is 10.8 Å².